The minimum atomic E-state index is -0.0157. The van der Waals surface area contributed by atoms with Crippen molar-refractivity contribution in [3.8, 4) is 11.8 Å². The highest BCUT2D eigenvalue weighted by atomic mass is 16.2. The Kier molecular flexibility index (Phi) is 5.41. The van der Waals surface area contributed by atoms with Crippen molar-refractivity contribution in [2.24, 2.45) is 5.41 Å². The summed E-state index contributed by atoms with van der Waals surface area (Å²) < 4.78 is 0. The average Bonchev–Trinajstić information content (AvgIpc) is 2.93. The summed E-state index contributed by atoms with van der Waals surface area (Å²) in [6.45, 7) is 3.08. The lowest BCUT2D eigenvalue weighted by molar-refractivity contribution is 0.0934. The number of nitrogens with one attached hydrogen (secondary N) is 1. The first-order chi connectivity index (χ1) is 10.1. The first-order valence-electron chi connectivity index (χ1n) is 7.61. The van der Waals surface area contributed by atoms with Gasteiger partial charge in [0.1, 0.15) is 0 Å². The molecular weight excluding hydrogens is 262 g/mol. The monoisotopic (exact) mass is 285 g/mol. The van der Waals surface area contributed by atoms with Gasteiger partial charge in [-0.15, -0.1) is 0 Å². The summed E-state index contributed by atoms with van der Waals surface area (Å²) >= 11 is 0. The lowest BCUT2D eigenvalue weighted by Crippen LogP contribution is -2.34. The van der Waals surface area contributed by atoms with Crippen molar-refractivity contribution in [2.75, 3.05) is 13.2 Å². The maximum absolute atomic E-state index is 12.1. The van der Waals surface area contributed by atoms with Crippen LogP contribution in [0.2, 0.25) is 0 Å². The van der Waals surface area contributed by atoms with Gasteiger partial charge < -0.3 is 10.4 Å². The van der Waals surface area contributed by atoms with E-state index in [2.05, 4.69) is 24.1 Å². The van der Waals surface area contributed by atoms with Crippen LogP contribution in [0.15, 0.2) is 24.3 Å². The number of carbonyl (C=O) groups excluding carboxylic acids is 1. The number of hydrogen-bond donors (Lipinski definition) is 2. The Morgan fingerprint density at radius 1 is 1.29 bits per heavy atom. The predicted octanol–water partition coefficient (Wildman–Crippen LogP) is 2.73. The Balaban J connectivity index is 1.89. The maximum atomic E-state index is 12.1. The zero-order valence-electron chi connectivity index (χ0n) is 12.6. The van der Waals surface area contributed by atoms with E-state index in [4.69, 9.17) is 5.11 Å². The van der Waals surface area contributed by atoms with Crippen molar-refractivity contribution in [1.82, 2.24) is 5.32 Å². The molecule has 21 heavy (non-hydrogen) atoms. The molecule has 2 N–H and O–H groups in total. The SMILES string of the molecule is CC1(CNC(=O)c2ccc(C#CCCO)cc2)CCCC1. The molecular formula is C18H23NO2. The molecule has 1 aliphatic rings. The van der Waals surface area contributed by atoms with Gasteiger partial charge in [0.2, 0.25) is 0 Å². The highest BCUT2D eigenvalue weighted by molar-refractivity contribution is 5.94. The van der Waals surface area contributed by atoms with Gasteiger partial charge in [-0.25, -0.2) is 0 Å². The summed E-state index contributed by atoms with van der Waals surface area (Å²) in [5, 5.41) is 11.7. The van der Waals surface area contributed by atoms with E-state index >= 15 is 0 Å². The van der Waals surface area contributed by atoms with Gasteiger partial charge in [0.15, 0.2) is 0 Å². The lowest BCUT2D eigenvalue weighted by atomic mass is 9.89. The van der Waals surface area contributed by atoms with Gasteiger partial charge in [-0.2, -0.15) is 0 Å². The molecule has 1 aliphatic carbocycles. The molecule has 0 heterocycles. The Labute approximate surface area is 126 Å². The summed E-state index contributed by atoms with van der Waals surface area (Å²) in [5.74, 6) is 5.80. The van der Waals surface area contributed by atoms with Crippen molar-refractivity contribution in [2.45, 2.75) is 39.0 Å². The van der Waals surface area contributed by atoms with Gasteiger partial charge in [0.05, 0.1) is 6.61 Å². The number of rotatable bonds is 4. The first kappa shape index (κ1) is 15.6. The summed E-state index contributed by atoms with van der Waals surface area (Å²) in [6.07, 6.45) is 5.42. The molecule has 1 fully saturated rings. The third kappa shape index (κ3) is 4.61. The number of aliphatic hydroxyl groups is 1. The van der Waals surface area contributed by atoms with E-state index in [0.29, 0.717) is 12.0 Å². The Morgan fingerprint density at radius 2 is 1.95 bits per heavy atom. The molecule has 3 heteroatoms. The topological polar surface area (TPSA) is 49.3 Å². The average molecular weight is 285 g/mol. The molecule has 0 atom stereocenters. The van der Waals surface area contributed by atoms with Gasteiger partial charge in [0, 0.05) is 24.1 Å². The fraction of sp³-hybridized carbons (Fsp3) is 0.500. The summed E-state index contributed by atoms with van der Waals surface area (Å²) in [7, 11) is 0. The fourth-order valence-electron chi connectivity index (χ4n) is 2.73. The molecule has 1 saturated carbocycles. The molecule has 1 aromatic rings. The van der Waals surface area contributed by atoms with Gasteiger partial charge in [-0.05, 0) is 42.5 Å². The minimum Gasteiger partial charge on any atom is -0.395 e. The van der Waals surface area contributed by atoms with E-state index in [-0.39, 0.29) is 17.9 Å². The molecule has 2 rings (SSSR count). The third-order valence-electron chi connectivity index (χ3n) is 4.10. The Morgan fingerprint density at radius 3 is 2.57 bits per heavy atom. The molecule has 1 aromatic carbocycles. The number of amides is 1. The van der Waals surface area contributed by atoms with E-state index in [1.807, 2.05) is 12.1 Å². The van der Waals surface area contributed by atoms with Crippen LogP contribution in [0.5, 0.6) is 0 Å². The number of hydrogen-bond acceptors (Lipinski definition) is 2. The van der Waals surface area contributed by atoms with Crippen LogP contribution < -0.4 is 5.32 Å². The number of benzene rings is 1. The maximum Gasteiger partial charge on any atom is 0.251 e. The predicted molar refractivity (Wildman–Crippen MR) is 83.9 cm³/mol. The quantitative estimate of drug-likeness (QED) is 0.836. The molecule has 0 spiro atoms. The van der Waals surface area contributed by atoms with Gasteiger partial charge in [0.25, 0.3) is 5.91 Å². The van der Waals surface area contributed by atoms with E-state index in [1.54, 1.807) is 12.1 Å². The normalized spacial score (nSPS) is 16.1. The fourth-order valence-corrected chi connectivity index (χ4v) is 2.73. The molecule has 0 bridgehead atoms. The van der Waals surface area contributed by atoms with Gasteiger partial charge in [-0.3, -0.25) is 4.79 Å². The van der Waals surface area contributed by atoms with Crippen LogP contribution in [0.1, 0.15) is 54.9 Å². The zero-order valence-corrected chi connectivity index (χ0v) is 12.6. The van der Waals surface area contributed by atoms with Crippen molar-refractivity contribution < 1.29 is 9.90 Å². The van der Waals surface area contributed by atoms with Crippen molar-refractivity contribution in [3.05, 3.63) is 35.4 Å². The van der Waals surface area contributed by atoms with Crippen LogP contribution >= 0.6 is 0 Å². The highest BCUT2D eigenvalue weighted by Gasteiger charge is 2.28. The molecule has 0 saturated heterocycles. The van der Waals surface area contributed by atoms with Gasteiger partial charge in [-0.1, -0.05) is 31.6 Å². The molecule has 3 nitrogen and oxygen atoms in total. The van der Waals surface area contributed by atoms with Crippen LogP contribution in [-0.2, 0) is 0 Å². The first-order valence-corrected chi connectivity index (χ1v) is 7.61. The van der Waals surface area contributed by atoms with E-state index in [1.165, 1.54) is 25.7 Å². The van der Waals surface area contributed by atoms with Crippen LogP contribution in [0, 0.1) is 17.3 Å². The summed E-state index contributed by atoms with van der Waals surface area (Å²) in [4.78, 5) is 12.1. The number of aliphatic hydroxyl groups excluding tert-OH is 1. The highest BCUT2D eigenvalue weighted by Crippen LogP contribution is 2.36. The summed E-state index contributed by atoms with van der Waals surface area (Å²) in [6, 6.07) is 7.29. The molecule has 112 valence electrons. The lowest BCUT2D eigenvalue weighted by Gasteiger charge is -2.23. The largest absolute Gasteiger partial charge is 0.395 e. The second-order valence-corrected chi connectivity index (χ2v) is 6.05. The third-order valence-corrected chi connectivity index (χ3v) is 4.10. The second kappa shape index (κ2) is 7.28. The van der Waals surface area contributed by atoms with Crippen LogP contribution in [0.4, 0.5) is 0 Å². The minimum absolute atomic E-state index is 0.0157. The van der Waals surface area contributed by atoms with Crippen LogP contribution in [-0.4, -0.2) is 24.2 Å². The Hall–Kier alpha value is -1.79. The van der Waals surface area contributed by atoms with Crippen LogP contribution in [0.25, 0.3) is 0 Å². The molecule has 0 radical (unpaired) electrons. The van der Waals surface area contributed by atoms with Gasteiger partial charge >= 0.3 is 0 Å². The Bertz CT molecular complexity index is 531. The van der Waals surface area contributed by atoms with Crippen LogP contribution in [0.3, 0.4) is 0 Å². The van der Waals surface area contributed by atoms with Crippen molar-refractivity contribution in [3.63, 3.8) is 0 Å². The second-order valence-electron chi connectivity index (χ2n) is 6.05. The standard InChI is InChI=1S/C18H23NO2/c1-18(11-3-4-12-18)14-19-17(21)16-9-7-15(8-10-16)6-2-5-13-20/h7-10,20H,3-5,11-14H2,1H3,(H,19,21). The van der Waals surface area contributed by atoms with Crippen molar-refractivity contribution in [1.29, 1.82) is 0 Å². The van der Waals surface area contributed by atoms with E-state index < -0.39 is 0 Å². The smallest absolute Gasteiger partial charge is 0.251 e. The molecule has 0 aliphatic heterocycles. The molecule has 0 aromatic heterocycles. The van der Waals surface area contributed by atoms with Crippen molar-refractivity contribution >= 4 is 5.91 Å². The molecule has 0 unspecified atom stereocenters. The molecule has 1 amide bonds. The summed E-state index contributed by atoms with van der Waals surface area (Å²) in [5.41, 5.74) is 1.80. The number of carbonyl (C=O) groups is 1. The van der Waals surface area contributed by atoms with E-state index in [0.717, 1.165) is 12.1 Å². The van der Waals surface area contributed by atoms with E-state index in [9.17, 15) is 4.79 Å². The zero-order chi connectivity index (χ0) is 15.1.